The van der Waals surface area contributed by atoms with Crippen molar-refractivity contribution in [2.24, 2.45) is 0 Å². The van der Waals surface area contributed by atoms with Gasteiger partial charge in [-0.25, -0.2) is 13.1 Å². The SMILES string of the molecule is O=C(CN1CCN(C(=O)CCNS(=O)(=O)/C=C/c2ccccc2)CC1)NCc1ccccc1. The van der Waals surface area contributed by atoms with Crippen molar-refractivity contribution in [3.63, 3.8) is 0 Å². The highest BCUT2D eigenvalue weighted by Gasteiger charge is 2.22. The lowest BCUT2D eigenvalue weighted by molar-refractivity contribution is -0.133. The van der Waals surface area contributed by atoms with Gasteiger partial charge in [0.25, 0.3) is 0 Å². The van der Waals surface area contributed by atoms with Gasteiger partial charge < -0.3 is 10.2 Å². The highest BCUT2D eigenvalue weighted by Crippen LogP contribution is 2.05. The Labute approximate surface area is 195 Å². The van der Waals surface area contributed by atoms with Crippen LogP contribution in [-0.2, 0) is 26.2 Å². The van der Waals surface area contributed by atoms with E-state index in [1.165, 1.54) is 6.08 Å². The van der Waals surface area contributed by atoms with Crippen molar-refractivity contribution in [2.45, 2.75) is 13.0 Å². The molecule has 0 radical (unpaired) electrons. The van der Waals surface area contributed by atoms with Crippen molar-refractivity contribution in [1.82, 2.24) is 19.8 Å². The van der Waals surface area contributed by atoms with Crippen LogP contribution in [0.4, 0.5) is 0 Å². The van der Waals surface area contributed by atoms with Crippen LogP contribution < -0.4 is 10.0 Å². The highest BCUT2D eigenvalue weighted by atomic mass is 32.2. The van der Waals surface area contributed by atoms with E-state index in [0.717, 1.165) is 16.5 Å². The number of hydrogen-bond donors (Lipinski definition) is 2. The Morgan fingerprint density at radius 3 is 2.21 bits per heavy atom. The van der Waals surface area contributed by atoms with E-state index in [0.29, 0.717) is 39.3 Å². The Morgan fingerprint density at radius 2 is 1.55 bits per heavy atom. The number of carbonyl (C=O) groups excluding carboxylic acids is 2. The fourth-order valence-electron chi connectivity index (χ4n) is 3.45. The third-order valence-electron chi connectivity index (χ3n) is 5.31. The average molecular weight is 471 g/mol. The molecular weight excluding hydrogens is 440 g/mol. The van der Waals surface area contributed by atoms with Gasteiger partial charge in [0, 0.05) is 51.1 Å². The van der Waals surface area contributed by atoms with Crippen LogP contribution in [0.15, 0.2) is 66.1 Å². The van der Waals surface area contributed by atoms with E-state index in [-0.39, 0.29) is 24.8 Å². The summed E-state index contributed by atoms with van der Waals surface area (Å²) >= 11 is 0. The van der Waals surface area contributed by atoms with E-state index in [4.69, 9.17) is 0 Å². The summed E-state index contributed by atoms with van der Waals surface area (Å²) in [5, 5.41) is 4.02. The monoisotopic (exact) mass is 470 g/mol. The van der Waals surface area contributed by atoms with E-state index in [1.54, 1.807) is 4.90 Å². The Hall–Kier alpha value is -3.01. The summed E-state index contributed by atoms with van der Waals surface area (Å²) in [5.74, 6) is -0.144. The number of carbonyl (C=O) groups is 2. The fourth-order valence-corrected chi connectivity index (χ4v) is 4.27. The Morgan fingerprint density at radius 1 is 0.909 bits per heavy atom. The zero-order valence-corrected chi connectivity index (χ0v) is 19.3. The van der Waals surface area contributed by atoms with Crippen LogP contribution in [0, 0.1) is 0 Å². The predicted molar refractivity (Wildman–Crippen MR) is 128 cm³/mol. The van der Waals surface area contributed by atoms with Crippen LogP contribution in [0.2, 0.25) is 0 Å². The molecule has 0 saturated carbocycles. The number of nitrogens with zero attached hydrogens (tertiary/aromatic N) is 2. The lowest BCUT2D eigenvalue weighted by atomic mass is 10.2. The van der Waals surface area contributed by atoms with E-state index < -0.39 is 10.0 Å². The number of hydrogen-bond acceptors (Lipinski definition) is 5. The number of rotatable bonds is 10. The molecule has 9 heteroatoms. The molecule has 0 unspecified atom stereocenters. The molecule has 2 aromatic carbocycles. The topological polar surface area (TPSA) is 98.8 Å². The quantitative estimate of drug-likeness (QED) is 0.547. The Balaban J connectivity index is 1.33. The maximum atomic E-state index is 12.4. The molecule has 2 aromatic rings. The molecule has 0 atom stereocenters. The molecule has 1 saturated heterocycles. The normalized spacial score (nSPS) is 15.0. The molecule has 1 fully saturated rings. The second-order valence-corrected chi connectivity index (χ2v) is 9.47. The molecule has 0 aromatic heterocycles. The summed E-state index contributed by atoms with van der Waals surface area (Å²) in [6.07, 6.45) is 1.61. The third kappa shape index (κ3) is 8.80. The van der Waals surface area contributed by atoms with Gasteiger partial charge in [0.2, 0.25) is 21.8 Å². The van der Waals surface area contributed by atoms with Gasteiger partial charge in [0.05, 0.1) is 6.54 Å². The fraction of sp³-hybridized carbons (Fsp3) is 0.333. The zero-order chi connectivity index (χ0) is 23.5. The first-order valence-electron chi connectivity index (χ1n) is 10.9. The maximum absolute atomic E-state index is 12.4. The molecule has 1 aliphatic heterocycles. The molecule has 2 N–H and O–H groups in total. The van der Waals surface area contributed by atoms with Gasteiger partial charge >= 0.3 is 0 Å². The van der Waals surface area contributed by atoms with Gasteiger partial charge in [0.1, 0.15) is 0 Å². The lowest BCUT2D eigenvalue weighted by Gasteiger charge is -2.34. The van der Waals surface area contributed by atoms with Crippen LogP contribution in [0.5, 0.6) is 0 Å². The molecule has 2 amide bonds. The van der Waals surface area contributed by atoms with Crippen LogP contribution >= 0.6 is 0 Å². The molecule has 0 bridgehead atoms. The van der Waals surface area contributed by atoms with Gasteiger partial charge in [0.15, 0.2) is 0 Å². The second kappa shape index (κ2) is 12.3. The Kier molecular flexibility index (Phi) is 9.17. The summed E-state index contributed by atoms with van der Waals surface area (Å²) in [5.41, 5.74) is 1.83. The van der Waals surface area contributed by atoms with E-state index in [1.807, 2.05) is 65.6 Å². The average Bonchev–Trinajstić information content (AvgIpc) is 2.83. The van der Waals surface area contributed by atoms with Crippen molar-refractivity contribution in [3.05, 3.63) is 77.2 Å². The summed E-state index contributed by atoms with van der Waals surface area (Å²) in [6.45, 7) is 3.09. The number of benzene rings is 2. The minimum atomic E-state index is -3.61. The van der Waals surface area contributed by atoms with Gasteiger partial charge in [-0.3, -0.25) is 14.5 Å². The third-order valence-corrected chi connectivity index (χ3v) is 6.41. The van der Waals surface area contributed by atoms with Crippen LogP contribution in [0.3, 0.4) is 0 Å². The van der Waals surface area contributed by atoms with Crippen LogP contribution in [-0.4, -0.2) is 69.3 Å². The molecule has 0 spiro atoms. The summed E-state index contributed by atoms with van der Waals surface area (Å²) in [4.78, 5) is 28.3. The van der Waals surface area contributed by atoms with Crippen molar-refractivity contribution >= 4 is 27.9 Å². The van der Waals surface area contributed by atoms with Crippen molar-refractivity contribution in [1.29, 1.82) is 0 Å². The molecular formula is C24H30N4O4S. The lowest BCUT2D eigenvalue weighted by Crippen LogP contribution is -2.51. The van der Waals surface area contributed by atoms with E-state index in [9.17, 15) is 18.0 Å². The first-order chi connectivity index (χ1) is 15.9. The molecule has 0 aliphatic carbocycles. The molecule has 8 nitrogen and oxygen atoms in total. The summed E-state index contributed by atoms with van der Waals surface area (Å²) in [7, 11) is -3.61. The molecule has 1 heterocycles. The number of amides is 2. The van der Waals surface area contributed by atoms with E-state index in [2.05, 4.69) is 10.0 Å². The number of sulfonamides is 1. The predicted octanol–water partition coefficient (Wildman–Crippen LogP) is 1.43. The first-order valence-corrected chi connectivity index (χ1v) is 12.5. The van der Waals surface area contributed by atoms with Gasteiger partial charge in [-0.15, -0.1) is 0 Å². The largest absolute Gasteiger partial charge is 0.351 e. The molecule has 33 heavy (non-hydrogen) atoms. The standard InChI is InChI=1S/C24H30N4O4S/c29-23(25-19-22-9-5-2-6-10-22)20-27-14-16-28(17-15-27)24(30)11-13-26-33(31,32)18-12-21-7-3-1-4-8-21/h1-10,12,18,26H,11,13-17,19-20H2,(H,25,29)/b18-12+. The zero-order valence-electron chi connectivity index (χ0n) is 18.5. The van der Waals surface area contributed by atoms with Gasteiger partial charge in [-0.2, -0.15) is 0 Å². The van der Waals surface area contributed by atoms with Crippen molar-refractivity contribution < 1.29 is 18.0 Å². The van der Waals surface area contributed by atoms with Crippen molar-refractivity contribution in [3.8, 4) is 0 Å². The number of nitrogens with one attached hydrogen (secondary N) is 2. The van der Waals surface area contributed by atoms with Crippen LogP contribution in [0.25, 0.3) is 6.08 Å². The first kappa shape index (κ1) is 24.6. The van der Waals surface area contributed by atoms with E-state index >= 15 is 0 Å². The number of piperazine rings is 1. The Bertz CT molecular complexity index is 1030. The smallest absolute Gasteiger partial charge is 0.234 e. The van der Waals surface area contributed by atoms with Crippen molar-refractivity contribution in [2.75, 3.05) is 39.3 Å². The molecule has 176 valence electrons. The maximum Gasteiger partial charge on any atom is 0.234 e. The highest BCUT2D eigenvalue weighted by molar-refractivity contribution is 7.92. The summed E-state index contributed by atoms with van der Waals surface area (Å²) in [6, 6.07) is 18.9. The van der Waals surface area contributed by atoms with Crippen LogP contribution in [0.1, 0.15) is 17.5 Å². The molecule has 1 aliphatic rings. The van der Waals surface area contributed by atoms with Gasteiger partial charge in [-0.1, -0.05) is 60.7 Å². The second-order valence-electron chi connectivity index (χ2n) is 7.82. The molecule has 3 rings (SSSR count). The minimum absolute atomic E-state index is 0.0441. The van der Waals surface area contributed by atoms with Gasteiger partial charge in [-0.05, 0) is 17.2 Å². The summed E-state index contributed by atoms with van der Waals surface area (Å²) < 4.78 is 26.6. The minimum Gasteiger partial charge on any atom is -0.351 e.